The topological polar surface area (TPSA) is 73.5 Å². The number of hydrogen-bond donors (Lipinski definition) is 2. The van der Waals surface area contributed by atoms with Crippen LogP contribution in [-0.4, -0.2) is 78.2 Å². The molecule has 0 spiro atoms. The van der Waals surface area contributed by atoms with E-state index in [0.29, 0.717) is 54.3 Å². The van der Waals surface area contributed by atoms with E-state index in [-0.39, 0.29) is 24.6 Å². The van der Waals surface area contributed by atoms with E-state index in [1.165, 1.54) is 7.05 Å². The lowest BCUT2D eigenvalue weighted by Crippen LogP contribution is -2.40. The molecule has 1 aliphatic heterocycles. The number of carbonyl (C=O) groups excluding carboxylic acids is 1. The van der Waals surface area contributed by atoms with Crippen molar-refractivity contribution in [1.29, 1.82) is 0 Å². The number of amides is 1. The summed E-state index contributed by atoms with van der Waals surface area (Å²) < 4.78 is 86.4. The number of nitrogens with one attached hydrogen (secondary N) is 2. The third-order valence-corrected chi connectivity index (χ3v) is 9.87. The smallest absolute Gasteiger partial charge is 0.381 e. The van der Waals surface area contributed by atoms with Gasteiger partial charge in [-0.2, -0.15) is 26.3 Å². The van der Waals surface area contributed by atoms with Crippen molar-refractivity contribution in [1.82, 2.24) is 19.8 Å². The molecule has 1 fully saturated rings. The molecule has 7 nitrogen and oxygen atoms in total. The Hall–Kier alpha value is -3.52. The lowest BCUT2D eigenvalue weighted by molar-refractivity contribution is -0.143. The Morgan fingerprint density at radius 1 is 1.02 bits per heavy atom. The number of para-hydroxylation sites is 1. The van der Waals surface area contributed by atoms with Crippen LogP contribution in [0.5, 0.6) is 0 Å². The highest BCUT2D eigenvalue weighted by molar-refractivity contribution is 6.42. The van der Waals surface area contributed by atoms with Gasteiger partial charge in [0.2, 0.25) is 5.95 Å². The minimum Gasteiger partial charge on any atom is -0.381 e. The summed E-state index contributed by atoms with van der Waals surface area (Å²) in [7, 11) is 1.36. The van der Waals surface area contributed by atoms with Crippen LogP contribution in [0.2, 0.25) is 10.0 Å². The van der Waals surface area contributed by atoms with Crippen molar-refractivity contribution in [2.75, 3.05) is 51.8 Å². The summed E-state index contributed by atoms with van der Waals surface area (Å²) >= 11 is 12.5. The summed E-state index contributed by atoms with van der Waals surface area (Å²) in [6.07, 6.45) is -7.13. The fraction of sp³-hybridized carbons (Fsp3) is 0.444. The highest BCUT2D eigenvalue weighted by Crippen LogP contribution is 2.37. The van der Waals surface area contributed by atoms with Crippen LogP contribution in [0.1, 0.15) is 64.7 Å². The number of halogens is 8. The number of fused-ring (bicyclic) bond motifs is 1. The Labute approximate surface area is 302 Å². The maximum Gasteiger partial charge on any atom is 0.416 e. The number of benzene rings is 3. The minimum atomic E-state index is -5.07. The van der Waals surface area contributed by atoms with Gasteiger partial charge in [0, 0.05) is 50.8 Å². The van der Waals surface area contributed by atoms with E-state index in [2.05, 4.69) is 21.3 Å². The van der Waals surface area contributed by atoms with Gasteiger partial charge in [0.05, 0.1) is 38.8 Å². The molecule has 5 rings (SSSR count). The lowest BCUT2D eigenvalue weighted by Gasteiger charge is -2.34. The summed E-state index contributed by atoms with van der Waals surface area (Å²) in [6, 6.07) is 12.2. The first kappa shape index (κ1) is 38.7. The van der Waals surface area contributed by atoms with E-state index in [0.717, 1.165) is 59.4 Å². The number of aromatic nitrogens is 2. The van der Waals surface area contributed by atoms with E-state index in [1.807, 2.05) is 19.1 Å². The molecule has 1 unspecified atom stereocenters. The first-order valence-corrected chi connectivity index (χ1v) is 17.4. The van der Waals surface area contributed by atoms with Crippen molar-refractivity contribution >= 4 is 46.1 Å². The first-order chi connectivity index (χ1) is 24.1. The quantitative estimate of drug-likeness (QED) is 0.105. The Morgan fingerprint density at radius 2 is 1.71 bits per heavy atom. The molecule has 15 heteroatoms. The third-order valence-electron chi connectivity index (χ3n) is 9.13. The fourth-order valence-electron chi connectivity index (χ4n) is 6.36. The van der Waals surface area contributed by atoms with E-state index < -0.39 is 35.0 Å². The van der Waals surface area contributed by atoms with Crippen LogP contribution in [0.25, 0.3) is 11.0 Å². The van der Waals surface area contributed by atoms with Crippen molar-refractivity contribution in [3.8, 4) is 0 Å². The van der Waals surface area contributed by atoms with Gasteiger partial charge in [-0.1, -0.05) is 41.4 Å². The van der Waals surface area contributed by atoms with Crippen molar-refractivity contribution in [2.24, 2.45) is 0 Å². The summed E-state index contributed by atoms with van der Waals surface area (Å²) in [5, 5.41) is 4.15. The normalized spacial score (nSPS) is 15.3. The van der Waals surface area contributed by atoms with Crippen molar-refractivity contribution in [3.63, 3.8) is 0 Å². The third kappa shape index (κ3) is 10.1. The molecule has 1 atom stereocenters. The zero-order valence-corrected chi connectivity index (χ0v) is 29.6. The number of likely N-dealkylation sites (N-methyl/N-ethyl adjacent to an activating group) is 1. The number of likely N-dealkylation sites (tertiary alicyclic amines) is 1. The van der Waals surface area contributed by atoms with Crippen LogP contribution in [0, 0.1) is 0 Å². The number of piperidine rings is 1. The van der Waals surface area contributed by atoms with Crippen molar-refractivity contribution in [3.05, 3.63) is 92.5 Å². The van der Waals surface area contributed by atoms with E-state index in [1.54, 1.807) is 18.2 Å². The van der Waals surface area contributed by atoms with E-state index in [9.17, 15) is 31.1 Å². The molecule has 1 aliphatic rings. The maximum atomic E-state index is 13.5. The van der Waals surface area contributed by atoms with Gasteiger partial charge in [-0.05, 0) is 86.7 Å². The second kappa shape index (κ2) is 16.4. The van der Waals surface area contributed by atoms with Crippen LogP contribution < -0.4 is 5.32 Å². The predicted molar refractivity (Wildman–Crippen MR) is 187 cm³/mol. The molecule has 276 valence electrons. The number of hydrogen-bond acceptors (Lipinski definition) is 5. The molecule has 0 bridgehead atoms. The number of alkyl halides is 6. The standard InChI is InChI=1S/C36H39Cl2F6N5O2/c1-3-51-16-12-22-5-4-6-31-32(22)47-34(46-31)45-28-10-14-49(15-11-28)13-9-24(23-7-8-29(37)30(38)19-23)21-48(2)33(50)25-17-26(35(39,40)41)20-27(18-25)36(42,43)44/h4-8,17-20,24,28H,3,9-16,21H2,1-2H3,(H2,45,46,47). The second-order valence-electron chi connectivity index (χ2n) is 12.7. The number of H-pyrrole nitrogens is 1. The molecule has 1 saturated heterocycles. The summed E-state index contributed by atoms with van der Waals surface area (Å²) in [5.74, 6) is -0.594. The largest absolute Gasteiger partial charge is 0.416 e. The molecule has 2 N–H and O–H groups in total. The van der Waals surface area contributed by atoms with Gasteiger partial charge < -0.3 is 24.8 Å². The van der Waals surface area contributed by atoms with Crippen LogP contribution in [0.3, 0.4) is 0 Å². The SMILES string of the molecule is CCOCCc1cccc2[nH]c(NC3CCN(CCC(CN(C)C(=O)c4cc(C(F)(F)F)cc(C(F)(F)F)c4)c4ccc(Cl)c(Cl)c4)CC3)nc12. The zero-order chi connectivity index (χ0) is 36.9. The first-order valence-electron chi connectivity index (χ1n) is 16.7. The minimum absolute atomic E-state index is 0.00580. The van der Waals surface area contributed by atoms with Gasteiger partial charge >= 0.3 is 12.4 Å². The average Bonchev–Trinajstić information content (AvgIpc) is 3.50. The Kier molecular flexibility index (Phi) is 12.5. The molecule has 4 aromatic rings. The fourth-order valence-corrected chi connectivity index (χ4v) is 6.67. The highest BCUT2D eigenvalue weighted by Gasteiger charge is 2.38. The number of aromatic amines is 1. The molecule has 3 aromatic carbocycles. The van der Waals surface area contributed by atoms with Gasteiger partial charge in [0.1, 0.15) is 0 Å². The summed E-state index contributed by atoms with van der Waals surface area (Å²) in [6.45, 7) is 5.47. The van der Waals surface area contributed by atoms with Gasteiger partial charge in [0.25, 0.3) is 5.91 Å². The number of carbonyl (C=O) groups is 1. The number of anilines is 1. The van der Waals surface area contributed by atoms with Gasteiger partial charge in [-0.25, -0.2) is 4.98 Å². The molecule has 0 saturated carbocycles. The monoisotopic (exact) mass is 757 g/mol. The molecule has 0 radical (unpaired) electrons. The molecule has 1 amide bonds. The Balaban J connectivity index is 1.23. The Bertz CT molecular complexity index is 1770. The lowest BCUT2D eigenvalue weighted by atomic mass is 9.93. The number of nitrogens with zero attached hydrogens (tertiary/aromatic N) is 3. The Morgan fingerprint density at radius 3 is 2.33 bits per heavy atom. The summed E-state index contributed by atoms with van der Waals surface area (Å²) in [5.41, 5.74) is -0.0622. The van der Waals surface area contributed by atoms with E-state index >= 15 is 0 Å². The van der Waals surface area contributed by atoms with E-state index in [4.69, 9.17) is 32.9 Å². The number of rotatable bonds is 13. The van der Waals surface area contributed by atoms with Crippen LogP contribution in [0.15, 0.2) is 54.6 Å². The molecule has 1 aromatic heterocycles. The number of ether oxygens (including phenoxy) is 1. The maximum absolute atomic E-state index is 13.5. The van der Waals surface area contributed by atoms with Crippen LogP contribution in [0.4, 0.5) is 32.3 Å². The van der Waals surface area contributed by atoms with Gasteiger partial charge in [-0.15, -0.1) is 0 Å². The molecular weight excluding hydrogens is 719 g/mol. The summed E-state index contributed by atoms with van der Waals surface area (Å²) in [4.78, 5) is 24.9. The average molecular weight is 759 g/mol. The predicted octanol–water partition coefficient (Wildman–Crippen LogP) is 9.31. The molecular formula is C36H39Cl2F6N5O2. The van der Waals surface area contributed by atoms with Crippen molar-refractivity contribution in [2.45, 2.75) is 56.9 Å². The molecule has 2 heterocycles. The molecule has 51 heavy (non-hydrogen) atoms. The zero-order valence-electron chi connectivity index (χ0n) is 28.1. The van der Waals surface area contributed by atoms with Crippen LogP contribution in [-0.2, 0) is 23.5 Å². The highest BCUT2D eigenvalue weighted by atomic mass is 35.5. The van der Waals surface area contributed by atoms with Gasteiger partial charge in [0.15, 0.2) is 0 Å². The molecule has 0 aliphatic carbocycles. The van der Waals surface area contributed by atoms with Crippen molar-refractivity contribution < 1.29 is 35.9 Å². The van der Waals surface area contributed by atoms with Crippen LogP contribution >= 0.6 is 23.2 Å². The second-order valence-corrected chi connectivity index (χ2v) is 13.6. The number of imidazole rings is 1. The van der Waals surface area contributed by atoms with Gasteiger partial charge in [-0.3, -0.25) is 4.79 Å².